The number of esters is 2. The summed E-state index contributed by atoms with van der Waals surface area (Å²) in [6, 6.07) is 6.79. The van der Waals surface area contributed by atoms with Gasteiger partial charge in [-0.05, 0) is 68.1 Å². The van der Waals surface area contributed by atoms with E-state index < -0.39 is 81.5 Å². The molecule has 0 saturated carbocycles. The van der Waals surface area contributed by atoms with Gasteiger partial charge in [0.2, 0.25) is 11.1 Å². The molecule has 3 aromatic rings. The predicted molar refractivity (Wildman–Crippen MR) is 250 cm³/mol. The molecule has 65 heavy (non-hydrogen) atoms. The second-order valence-electron chi connectivity index (χ2n) is 20.6. The molecule has 0 radical (unpaired) electrons. The number of primary amides is 4. The summed E-state index contributed by atoms with van der Waals surface area (Å²) in [7, 11) is 0. The number of nitrogens with one attached hydrogen (secondary N) is 2. The van der Waals surface area contributed by atoms with E-state index in [-0.39, 0.29) is 24.4 Å². The number of carbonyl (C=O) groups excluding carboxylic acids is 6. The second kappa shape index (κ2) is 15.4. The molecule has 350 valence electrons. The Morgan fingerprint density at radius 2 is 1.15 bits per heavy atom. The van der Waals surface area contributed by atoms with Crippen molar-refractivity contribution in [2.24, 2.45) is 28.9 Å². The van der Waals surface area contributed by atoms with Crippen molar-refractivity contribution in [1.29, 1.82) is 0 Å². The Kier molecular flexibility index (Phi) is 11.0. The van der Waals surface area contributed by atoms with Crippen LogP contribution >= 0.6 is 22.7 Å². The van der Waals surface area contributed by atoms with Gasteiger partial charge in [0.25, 0.3) is 11.8 Å². The smallest absolute Gasteiger partial charge is 0.375 e. The van der Waals surface area contributed by atoms with Gasteiger partial charge in [-0.3, -0.25) is 19.4 Å². The Morgan fingerprint density at radius 1 is 0.692 bits per heavy atom. The molecule has 9 heterocycles. The lowest BCUT2D eigenvalue weighted by Gasteiger charge is -2.57. The first-order valence-electron chi connectivity index (χ1n) is 22.1. The van der Waals surface area contributed by atoms with Crippen molar-refractivity contribution < 1.29 is 38.2 Å². The van der Waals surface area contributed by atoms with Crippen LogP contribution in [0, 0.1) is 5.92 Å². The first kappa shape index (κ1) is 46.3. The van der Waals surface area contributed by atoms with Gasteiger partial charge in [-0.15, -0.1) is 22.7 Å². The predicted octanol–water partition coefficient (Wildman–Crippen LogP) is 5.77. The van der Waals surface area contributed by atoms with E-state index >= 15 is 0 Å². The van der Waals surface area contributed by atoms with E-state index in [4.69, 9.17) is 32.4 Å². The Hall–Kier alpha value is -5.24. The molecule has 19 heteroatoms. The number of likely N-dealkylation sites (tertiary alicyclic amines) is 2. The van der Waals surface area contributed by atoms with Crippen LogP contribution < -0.4 is 38.5 Å². The molecule has 3 fully saturated rings. The molecule has 4 unspecified atom stereocenters. The summed E-state index contributed by atoms with van der Waals surface area (Å²) in [5.74, 6) is -4.45. The zero-order valence-electron chi connectivity index (χ0n) is 38.5. The molecular formula is C46H61N9O8S2. The molecule has 4 amide bonds. The van der Waals surface area contributed by atoms with Gasteiger partial charge in [0.1, 0.15) is 0 Å². The number of anilines is 5. The van der Waals surface area contributed by atoms with Crippen LogP contribution in [0.1, 0.15) is 111 Å². The van der Waals surface area contributed by atoms with Gasteiger partial charge in [0.05, 0.1) is 26.9 Å². The summed E-state index contributed by atoms with van der Waals surface area (Å²) in [6.07, 6.45) is 0.0169. The number of rotatable bonds is 13. The number of benzene rings is 1. The number of nitrogens with two attached hydrogens (primary N) is 4. The molecule has 3 saturated heterocycles. The number of hydrogen-bond acceptors (Lipinski definition) is 15. The topological polar surface area (TPSA) is 259 Å². The van der Waals surface area contributed by atoms with E-state index in [1.165, 1.54) is 22.7 Å². The molecule has 0 aliphatic carbocycles. The maximum absolute atomic E-state index is 14.8. The minimum atomic E-state index is -2.22. The third kappa shape index (κ3) is 6.34. The molecule has 0 spiro atoms. The molecule has 7 aliphatic heterocycles. The fraction of sp³-hybridized carbons (Fsp3) is 0.565. The van der Waals surface area contributed by atoms with Crippen LogP contribution in [0.15, 0.2) is 35.0 Å². The molecule has 10 rings (SSSR count). The Bertz CT molecular complexity index is 2460. The average molecular weight is 932 g/mol. The summed E-state index contributed by atoms with van der Waals surface area (Å²) in [5.41, 5.74) is 20.8. The second-order valence-corrected chi connectivity index (χ2v) is 22.4. The molecular weight excluding hydrogens is 871 g/mol. The highest BCUT2D eigenvalue weighted by Crippen LogP contribution is 2.60. The largest absolute Gasteiger partial charge is 0.412 e. The monoisotopic (exact) mass is 931 g/mol. The van der Waals surface area contributed by atoms with Gasteiger partial charge < -0.3 is 47.9 Å². The van der Waals surface area contributed by atoms with Gasteiger partial charge in [0.15, 0.2) is 0 Å². The van der Waals surface area contributed by atoms with Crippen LogP contribution in [0.2, 0.25) is 0 Å². The maximum Gasteiger partial charge on any atom is 0.412 e. The van der Waals surface area contributed by atoms with Gasteiger partial charge in [0, 0.05) is 69.6 Å². The SMILES string of the molecule is CC1CC(C2CCCN2[C@@](C(N)=O)(C(=O)OC(N)=O)C(C)(C)c2c3csc2N3)N(c2ccc(C(C)(C)C)cc2)[C@]1(C)C1CCCN1[C@@](C(N)=O)(C(=O)OC(N)=O)C(C)(C)c1c2csc1N2. The summed E-state index contributed by atoms with van der Waals surface area (Å²) >= 11 is 2.88. The number of fused-ring (bicyclic) bond motifs is 2. The maximum atomic E-state index is 14.8. The first-order chi connectivity index (χ1) is 30.3. The van der Waals surface area contributed by atoms with E-state index in [1.54, 1.807) is 27.7 Å². The van der Waals surface area contributed by atoms with Crippen LogP contribution in [-0.4, -0.2) is 93.6 Å². The van der Waals surface area contributed by atoms with Gasteiger partial charge >= 0.3 is 24.1 Å². The van der Waals surface area contributed by atoms with Crippen molar-refractivity contribution in [2.45, 2.75) is 145 Å². The lowest BCUT2D eigenvalue weighted by molar-refractivity contribution is -0.166. The quantitative estimate of drug-likeness (QED) is 0.0606. The van der Waals surface area contributed by atoms with Crippen molar-refractivity contribution in [1.82, 2.24) is 9.80 Å². The fourth-order valence-electron chi connectivity index (χ4n) is 12.8. The van der Waals surface area contributed by atoms with E-state index in [2.05, 4.69) is 74.4 Å². The molecule has 10 N–H and O–H groups in total. The summed E-state index contributed by atoms with van der Waals surface area (Å²) < 4.78 is 10.5. The van der Waals surface area contributed by atoms with Gasteiger partial charge in [-0.25, -0.2) is 19.2 Å². The number of amides is 4. The first-order valence-corrected chi connectivity index (χ1v) is 23.9. The number of nitrogens with zero attached hydrogens (tertiary/aromatic N) is 3. The van der Waals surface area contributed by atoms with Crippen molar-refractivity contribution in [3.05, 3.63) is 51.7 Å². The highest BCUT2D eigenvalue weighted by molar-refractivity contribution is 7.16. The highest BCUT2D eigenvalue weighted by atomic mass is 32.1. The number of carbonyl (C=O) groups is 6. The molecule has 17 nitrogen and oxygen atoms in total. The third-order valence-corrected chi connectivity index (χ3v) is 17.6. The highest BCUT2D eigenvalue weighted by Gasteiger charge is 2.71. The lowest BCUT2D eigenvalue weighted by atomic mass is 9.63. The normalized spacial score (nSPS) is 25.9. The van der Waals surface area contributed by atoms with Crippen LogP contribution in [0.5, 0.6) is 0 Å². The van der Waals surface area contributed by atoms with Crippen molar-refractivity contribution in [3.8, 4) is 0 Å². The van der Waals surface area contributed by atoms with E-state index in [1.807, 2.05) is 20.6 Å². The van der Waals surface area contributed by atoms with Crippen molar-refractivity contribution in [3.63, 3.8) is 0 Å². The molecule has 7 aliphatic rings. The van der Waals surface area contributed by atoms with E-state index in [0.717, 1.165) is 43.8 Å². The standard InChI is InChI=1S/C46H61N9O8S2/c1-23-20-29(28-12-10-18-53(28)45(35(47)56,37(58)62-39(49)60)42(5,6)31-26-21-64-33(31)51-26)55(25-16-14-24(15-17-25)41(2,3)4)44(23,9)30-13-11-19-54(30)46(36(48)57,38(59)63-40(50)61)43(7,8)32-27-22-65-34(32)52-27/h14-17,21-23,28-30,51-52H,10-13,18-20H2,1-9H3,(H2,47,56)(H2,48,57)(H2,49,60)(H2,50,61)/t23?,28?,29?,30?,44-,45-,46-/m0/s1. The molecule has 4 bridgehead atoms. The Balaban J connectivity index is 1.32. The van der Waals surface area contributed by atoms with Crippen LogP contribution in [0.3, 0.4) is 0 Å². The minimum Gasteiger partial charge on any atom is -0.375 e. The summed E-state index contributed by atoms with van der Waals surface area (Å²) in [4.78, 5) is 89.6. The fourth-order valence-corrected chi connectivity index (χ4v) is 14.9. The lowest BCUT2D eigenvalue weighted by Crippen LogP contribution is -2.77. The summed E-state index contributed by atoms with van der Waals surface area (Å²) in [5, 5.41) is 11.9. The molecule has 7 atom stereocenters. The third-order valence-electron chi connectivity index (χ3n) is 15.8. The molecule has 2 aromatic heterocycles. The average Bonchev–Trinajstić information content (AvgIpc) is 4.03. The Labute approximate surface area is 386 Å². The van der Waals surface area contributed by atoms with E-state index in [0.29, 0.717) is 32.1 Å². The van der Waals surface area contributed by atoms with E-state index in [9.17, 15) is 28.8 Å². The zero-order valence-corrected chi connectivity index (χ0v) is 40.1. The molecule has 1 aromatic carbocycles. The van der Waals surface area contributed by atoms with Crippen LogP contribution in [0.4, 0.5) is 36.7 Å². The van der Waals surface area contributed by atoms with Crippen LogP contribution in [-0.2, 0) is 44.9 Å². The van der Waals surface area contributed by atoms with Crippen molar-refractivity contribution in [2.75, 3.05) is 28.6 Å². The van der Waals surface area contributed by atoms with Crippen LogP contribution in [0.25, 0.3) is 0 Å². The van der Waals surface area contributed by atoms with Gasteiger partial charge in [-0.2, -0.15) is 0 Å². The number of ether oxygens (including phenoxy) is 2. The zero-order chi connectivity index (χ0) is 47.6. The van der Waals surface area contributed by atoms with Crippen molar-refractivity contribution >= 4 is 85.7 Å². The number of hydrogen-bond donors (Lipinski definition) is 6. The minimum absolute atomic E-state index is 0.177. The Morgan fingerprint density at radius 3 is 1.57 bits per heavy atom. The summed E-state index contributed by atoms with van der Waals surface area (Å²) in [6.45, 7) is 18.3. The van der Waals surface area contributed by atoms with Gasteiger partial charge in [-0.1, -0.05) is 67.5 Å². The number of thiophene rings is 2.